The minimum Gasteiger partial charge on any atom is -0.396 e. The molecule has 18 heavy (non-hydrogen) atoms. The summed E-state index contributed by atoms with van der Waals surface area (Å²) in [4.78, 5) is 0. The van der Waals surface area contributed by atoms with Gasteiger partial charge in [0, 0.05) is 12.0 Å². The van der Waals surface area contributed by atoms with Crippen LogP contribution < -0.4 is 0 Å². The molecular formula is C12H24O5S. The first-order chi connectivity index (χ1) is 8.35. The minimum absolute atomic E-state index is 0.0653. The van der Waals surface area contributed by atoms with Gasteiger partial charge in [0.15, 0.2) is 9.84 Å². The van der Waals surface area contributed by atoms with E-state index < -0.39 is 15.3 Å². The van der Waals surface area contributed by atoms with Crippen molar-refractivity contribution in [1.82, 2.24) is 0 Å². The monoisotopic (exact) mass is 280 g/mol. The van der Waals surface area contributed by atoms with E-state index in [0.29, 0.717) is 19.4 Å². The summed E-state index contributed by atoms with van der Waals surface area (Å²) in [6.45, 7) is 3.85. The summed E-state index contributed by atoms with van der Waals surface area (Å²) in [6, 6.07) is 0. The number of aliphatic hydroxyl groups is 2. The molecule has 0 saturated carbocycles. The Hall–Kier alpha value is -0.170. The van der Waals surface area contributed by atoms with E-state index in [-0.39, 0.29) is 36.7 Å². The van der Waals surface area contributed by atoms with Gasteiger partial charge < -0.3 is 14.9 Å². The lowest BCUT2D eigenvalue weighted by Gasteiger charge is -2.35. The average Bonchev–Trinajstić information content (AvgIpc) is 2.66. The molecule has 0 aromatic rings. The molecule has 0 bridgehead atoms. The van der Waals surface area contributed by atoms with Crippen LogP contribution in [0, 0.1) is 11.3 Å². The van der Waals surface area contributed by atoms with Gasteiger partial charge in [-0.25, -0.2) is 8.42 Å². The van der Waals surface area contributed by atoms with Crippen molar-refractivity contribution in [3.63, 3.8) is 0 Å². The van der Waals surface area contributed by atoms with Crippen LogP contribution >= 0.6 is 0 Å². The first-order valence-electron chi connectivity index (χ1n) is 6.39. The van der Waals surface area contributed by atoms with Crippen molar-refractivity contribution in [1.29, 1.82) is 0 Å². The fourth-order valence-electron chi connectivity index (χ4n) is 2.45. The third-order valence-corrected chi connectivity index (χ3v) is 5.55. The van der Waals surface area contributed by atoms with Crippen molar-refractivity contribution in [2.24, 2.45) is 11.3 Å². The molecule has 6 heteroatoms. The zero-order valence-corrected chi connectivity index (χ0v) is 11.9. The number of aliphatic hydroxyl groups excluding tert-OH is 2. The van der Waals surface area contributed by atoms with E-state index in [1.807, 2.05) is 13.8 Å². The lowest BCUT2D eigenvalue weighted by Crippen LogP contribution is -2.40. The highest BCUT2D eigenvalue weighted by Gasteiger charge is 2.43. The Bertz CT molecular complexity index is 345. The topological polar surface area (TPSA) is 83.8 Å². The summed E-state index contributed by atoms with van der Waals surface area (Å²) in [5.74, 6) is 0.0496. The van der Waals surface area contributed by atoms with Gasteiger partial charge in [-0.15, -0.1) is 0 Å². The normalized spacial score (nSPS) is 23.7. The highest BCUT2D eigenvalue weighted by atomic mass is 32.2. The summed E-state index contributed by atoms with van der Waals surface area (Å²) in [5.41, 5.74) is -0.738. The quantitative estimate of drug-likeness (QED) is 0.696. The van der Waals surface area contributed by atoms with Crippen molar-refractivity contribution in [2.45, 2.75) is 32.8 Å². The second-order valence-electron chi connectivity index (χ2n) is 5.45. The van der Waals surface area contributed by atoms with Gasteiger partial charge in [0.05, 0.1) is 30.8 Å². The van der Waals surface area contributed by atoms with Crippen LogP contribution in [0.5, 0.6) is 0 Å². The summed E-state index contributed by atoms with van der Waals surface area (Å²) < 4.78 is 28.5. The molecular weight excluding hydrogens is 256 g/mol. The minimum atomic E-state index is -3.00. The number of rotatable bonds is 7. The Morgan fingerprint density at radius 2 is 1.94 bits per heavy atom. The molecule has 1 aliphatic rings. The zero-order chi connectivity index (χ0) is 13.8. The molecule has 0 spiro atoms. The van der Waals surface area contributed by atoms with Gasteiger partial charge in [0.25, 0.3) is 0 Å². The van der Waals surface area contributed by atoms with E-state index in [4.69, 9.17) is 4.74 Å². The fourth-order valence-corrected chi connectivity index (χ4v) is 4.39. The highest BCUT2D eigenvalue weighted by molar-refractivity contribution is 7.91. The van der Waals surface area contributed by atoms with Crippen molar-refractivity contribution < 1.29 is 23.4 Å². The highest BCUT2D eigenvalue weighted by Crippen LogP contribution is 2.38. The molecule has 0 aromatic heterocycles. The Balaban J connectivity index is 2.68. The van der Waals surface area contributed by atoms with E-state index in [1.54, 1.807) is 0 Å². The Labute approximate surface area is 109 Å². The lowest BCUT2D eigenvalue weighted by atomic mass is 9.74. The van der Waals surface area contributed by atoms with Gasteiger partial charge >= 0.3 is 0 Å². The van der Waals surface area contributed by atoms with Crippen LogP contribution in [0.25, 0.3) is 0 Å². The second-order valence-corrected chi connectivity index (χ2v) is 7.68. The molecule has 2 N–H and O–H groups in total. The largest absolute Gasteiger partial charge is 0.396 e. The molecule has 5 nitrogen and oxygen atoms in total. The Morgan fingerprint density at radius 1 is 1.33 bits per heavy atom. The zero-order valence-electron chi connectivity index (χ0n) is 11.1. The maximum atomic E-state index is 11.5. The van der Waals surface area contributed by atoms with E-state index in [1.165, 1.54) is 0 Å². The third-order valence-electron chi connectivity index (χ3n) is 3.78. The molecule has 1 rings (SSSR count). The SMILES string of the molecule is CC(C)OCCC(CO)(CO)C1CCS(=O)(=O)C1. The third kappa shape index (κ3) is 3.91. The molecule has 0 amide bonds. The van der Waals surface area contributed by atoms with Crippen molar-refractivity contribution in [2.75, 3.05) is 31.3 Å². The number of ether oxygens (including phenoxy) is 1. The van der Waals surface area contributed by atoms with Gasteiger partial charge in [-0.05, 0) is 32.6 Å². The van der Waals surface area contributed by atoms with Crippen LogP contribution in [-0.2, 0) is 14.6 Å². The van der Waals surface area contributed by atoms with Crippen molar-refractivity contribution in [3.05, 3.63) is 0 Å². The van der Waals surface area contributed by atoms with Crippen LogP contribution in [0.2, 0.25) is 0 Å². The van der Waals surface area contributed by atoms with Gasteiger partial charge in [0.1, 0.15) is 0 Å². The molecule has 1 fully saturated rings. The molecule has 0 aromatic carbocycles. The van der Waals surface area contributed by atoms with Crippen LogP contribution in [0.4, 0.5) is 0 Å². The number of hydrogen-bond acceptors (Lipinski definition) is 5. The molecule has 0 radical (unpaired) electrons. The smallest absolute Gasteiger partial charge is 0.150 e. The summed E-state index contributed by atoms with van der Waals surface area (Å²) in [6.07, 6.45) is 1.09. The van der Waals surface area contributed by atoms with E-state index in [0.717, 1.165) is 0 Å². The van der Waals surface area contributed by atoms with Gasteiger partial charge in [0.2, 0.25) is 0 Å². The first-order valence-corrected chi connectivity index (χ1v) is 8.21. The average molecular weight is 280 g/mol. The molecule has 1 saturated heterocycles. The van der Waals surface area contributed by atoms with Gasteiger partial charge in [-0.1, -0.05) is 0 Å². The van der Waals surface area contributed by atoms with Gasteiger partial charge in [-0.3, -0.25) is 0 Å². The lowest BCUT2D eigenvalue weighted by molar-refractivity contribution is -0.0277. The van der Waals surface area contributed by atoms with Crippen LogP contribution in [-0.4, -0.2) is 56.1 Å². The van der Waals surface area contributed by atoms with Gasteiger partial charge in [-0.2, -0.15) is 0 Å². The van der Waals surface area contributed by atoms with E-state index >= 15 is 0 Å². The Morgan fingerprint density at radius 3 is 2.33 bits per heavy atom. The summed E-state index contributed by atoms with van der Waals surface area (Å²) in [7, 11) is -3.00. The molecule has 1 atom stereocenters. The first kappa shape index (κ1) is 15.9. The van der Waals surface area contributed by atoms with Crippen molar-refractivity contribution >= 4 is 9.84 Å². The molecule has 108 valence electrons. The second kappa shape index (κ2) is 6.32. The number of hydrogen-bond donors (Lipinski definition) is 2. The number of sulfone groups is 1. The van der Waals surface area contributed by atoms with Crippen LogP contribution in [0.15, 0.2) is 0 Å². The maximum absolute atomic E-state index is 11.5. The van der Waals surface area contributed by atoms with E-state index in [9.17, 15) is 18.6 Å². The maximum Gasteiger partial charge on any atom is 0.150 e. The predicted molar refractivity (Wildman–Crippen MR) is 69.1 cm³/mol. The summed E-state index contributed by atoms with van der Waals surface area (Å²) in [5, 5.41) is 19.1. The standard InChI is InChI=1S/C12H24O5S/c1-10(2)17-5-4-12(8-13,9-14)11-3-6-18(15,16)7-11/h10-11,13-14H,3-9H2,1-2H3. The van der Waals surface area contributed by atoms with E-state index in [2.05, 4.69) is 0 Å². The van der Waals surface area contributed by atoms with Crippen LogP contribution in [0.3, 0.4) is 0 Å². The molecule has 1 heterocycles. The molecule has 1 aliphatic heterocycles. The molecule has 1 unspecified atom stereocenters. The van der Waals surface area contributed by atoms with Crippen LogP contribution in [0.1, 0.15) is 26.7 Å². The van der Waals surface area contributed by atoms with Crippen molar-refractivity contribution in [3.8, 4) is 0 Å². The molecule has 0 aliphatic carbocycles. The summed E-state index contributed by atoms with van der Waals surface area (Å²) >= 11 is 0. The fraction of sp³-hybridized carbons (Fsp3) is 1.00. The predicted octanol–water partition coefficient (Wildman–Crippen LogP) is 0.207. The Kier molecular flexibility index (Phi) is 5.58.